The number of hydrogen-bond acceptors (Lipinski definition) is 2. The number of ether oxygens (including phenoxy) is 1. The Morgan fingerprint density at radius 1 is 1.37 bits per heavy atom. The third kappa shape index (κ3) is 3.96. The van der Waals surface area contributed by atoms with E-state index in [-0.39, 0.29) is 5.91 Å². The Balaban J connectivity index is 1.78. The van der Waals surface area contributed by atoms with Gasteiger partial charge in [0.25, 0.3) is 0 Å². The molecule has 0 saturated carbocycles. The van der Waals surface area contributed by atoms with Crippen molar-refractivity contribution in [2.75, 3.05) is 25.5 Å². The van der Waals surface area contributed by atoms with Crippen LogP contribution >= 0.6 is 15.9 Å². The Hall–Kier alpha value is -1.03. The van der Waals surface area contributed by atoms with E-state index < -0.39 is 0 Å². The minimum Gasteiger partial charge on any atom is -0.492 e. The van der Waals surface area contributed by atoms with Gasteiger partial charge in [0.15, 0.2) is 0 Å². The summed E-state index contributed by atoms with van der Waals surface area (Å²) >= 11 is 3.27. The summed E-state index contributed by atoms with van der Waals surface area (Å²) in [5.41, 5.74) is 2.87. The van der Waals surface area contributed by atoms with Crippen LogP contribution in [0.1, 0.15) is 24.0 Å². The highest BCUT2D eigenvalue weighted by atomic mass is 79.9. The van der Waals surface area contributed by atoms with Gasteiger partial charge in [0.2, 0.25) is 5.91 Å². The van der Waals surface area contributed by atoms with Crippen LogP contribution in [0.4, 0.5) is 0 Å². The lowest BCUT2D eigenvalue weighted by molar-refractivity contribution is -0.129. The number of halogens is 1. The first kappa shape index (κ1) is 14.4. The molecule has 0 N–H and O–H groups in total. The van der Waals surface area contributed by atoms with Crippen LogP contribution in [0.15, 0.2) is 18.2 Å². The minimum atomic E-state index is 0.148. The summed E-state index contributed by atoms with van der Waals surface area (Å²) in [5.74, 6) is 1.07. The van der Waals surface area contributed by atoms with Crippen LogP contribution in [0.25, 0.3) is 0 Å². The zero-order valence-electron chi connectivity index (χ0n) is 11.3. The van der Waals surface area contributed by atoms with Crippen LogP contribution in [-0.2, 0) is 17.6 Å². The molecule has 0 spiro atoms. The van der Waals surface area contributed by atoms with Gasteiger partial charge in [-0.25, -0.2) is 0 Å². The summed E-state index contributed by atoms with van der Waals surface area (Å²) in [7, 11) is 1.82. The third-order valence-corrected chi connectivity index (χ3v) is 3.90. The van der Waals surface area contributed by atoms with Crippen molar-refractivity contribution in [3.8, 4) is 5.75 Å². The topological polar surface area (TPSA) is 29.5 Å². The van der Waals surface area contributed by atoms with Gasteiger partial charge < -0.3 is 9.64 Å². The monoisotopic (exact) mass is 325 g/mol. The molecule has 19 heavy (non-hydrogen) atoms. The molecule has 0 heterocycles. The lowest BCUT2D eigenvalue weighted by Crippen LogP contribution is -2.30. The number of carbonyl (C=O) groups excluding carboxylic acids is 1. The van der Waals surface area contributed by atoms with E-state index in [0.717, 1.165) is 12.2 Å². The predicted molar refractivity (Wildman–Crippen MR) is 80.0 cm³/mol. The van der Waals surface area contributed by atoms with E-state index in [4.69, 9.17) is 4.74 Å². The Bertz CT molecular complexity index is 448. The first-order valence-electron chi connectivity index (χ1n) is 6.75. The second kappa shape index (κ2) is 6.94. The van der Waals surface area contributed by atoms with E-state index in [1.54, 1.807) is 4.90 Å². The molecule has 3 nitrogen and oxygen atoms in total. The number of amides is 1. The van der Waals surface area contributed by atoms with Crippen molar-refractivity contribution in [1.29, 1.82) is 0 Å². The zero-order chi connectivity index (χ0) is 13.7. The molecule has 0 atom stereocenters. The van der Waals surface area contributed by atoms with Gasteiger partial charge in [0, 0.05) is 18.8 Å². The van der Waals surface area contributed by atoms with Gasteiger partial charge in [0.1, 0.15) is 12.4 Å². The van der Waals surface area contributed by atoms with Gasteiger partial charge in [-0.1, -0.05) is 22.0 Å². The molecule has 1 aliphatic carbocycles. The average Bonchev–Trinajstić information content (AvgIpc) is 2.86. The fourth-order valence-corrected chi connectivity index (χ4v) is 2.67. The molecular formula is C15H20BrNO2. The van der Waals surface area contributed by atoms with Gasteiger partial charge in [0.05, 0.1) is 6.54 Å². The predicted octanol–water partition coefficient (Wildman–Crippen LogP) is 2.80. The van der Waals surface area contributed by atoms with E-state index >= 15 is 0 Å². The number of alkyl halides is 1. The number of fused-ring (bicyclic) bond motifs is 1. The van der Waals surface area contributed by atoms with Gasteiger partial charge in [-0.2, -0.15) is 0 Å². The summed E-state index contributed by atoms with van der Waals surface area (Å²) in [6.45, 7) is 1.17. The molecule has 4 heteroatoms. The van der Waals surface area contributed by atoms with Crippen LogP contribution in [0.5, 0.6) is 5.75 Å². The van der Waals surface area contributed by atoms with Crippen LogP contribution in [-0.4, -0.2) is 36.3 Å². The molecule has 0 fully saturated rings. The number of carbonyl (C=O) groups is 1. The minimum absolute atomic E-state index is 0.148. The van der Waals surface area contributed by atoms with Crippen molar-refractivity contribution in [1.82, 2.24) is 4.90 Å². The molecule has 104 valence electrons. The SMILES string of the molecule is CN(CCOc1ccc2c(c1)CCC2)C(=O)CCBr. The van der Waals surface area contributed by atoms with Crippen LogP contribution < -0.4 is 4.74 Å². The first-order chi connectivity index (χ1) is 9.20. The van der Waals surface area contributed by atoms with Crippen molar-refractivity contribution in [3.63, 3.8) is 0 Å². The fraction of sp³-hybridized carbons (Fsp3) is 0.533. The van der Waals surface area contributed by atoms with Crippen molar-refractivity contribution < 1.29 is 9.53 Å². The molecule has 0 radical (unpaired) electrons. The van der Waals surface area contributed by atoms with Gasteiger partial charge in [-0.3, -0.25) is 4.79 Å². The standard InChI is InChI=1S/C15H20BrNO2/c1-17(15(18)7-8-16)9-10-19-14-6-5-12-3-2-4-13(12)11-14/h5-6,11H,2-4,7-10H2,1H3. The van der Waals surface area contributed by atoms with Crippen LogP contribution in [0.3, 0.4) is 0 Å². The summed E-state index contributed by atoms with van der Waals surface area (Å²) < 4.78 is 5.72. The number of likely N-dealkylation sites (N-methyl/N-ethyl adjacent to an activating group) is 1. The van der Waals surface area contributed by atoms with E-state index in [2.05, 4.69) is 28.1 Å². The highest BCUT2D eigenvalue weighted by Gasteiger charge is 2.11. The zero-order valence-corrected chi connectivity index (χ0v) is 12.9. The molecule has 0 aromatic heterocycles. The molecule has 1 aromatic carbocycles. The highest BCUT2D eigenvalue weighted by molar-refractivity contribution is 9.09. The third-order valence-electron chi connectivity index (χ3n) is 3.50. The highest BCUT2D eigenvalue weighted by Crippen LogP contribution is 2.25. The largest absolute Gasteiger partial charge is 0.492 e. The van der Waals surface area contributed by atoms with Gasteiger partial charge in [-0.15, -0.1) is 0 Å². The summed E-state index contributed by atoms with van der Waals surface area (Å²) in [5, 5.41) is 0.710. The first-order valence-corrected chi connectivity index (χ1v) is 7.87. The van der Waals surface area contributed by atoms with Crippen molar-refractivity contribution >= 4 is 21.8 Å². The van der Waals surface area contributed by atoms with Crippen molar-refractivity contribution in [2.24, 2.45) is 0 Å². The number of nitrogens with zero attached hydrogens (tertiary/aromatic N) is 1. The number of aryl methyl sites for hydroxylation is 2. The normalized spacial score (nSPS) is 13.2. The molecule has 1 amide bonds. The molecule has 2 rings (SSSR count). The van der Waals surface area contributed by atoms with E-state index in [1.807, 2.05) is 13.1 Å². The summed E-state index contributed by atoms with van der Waals surface area (Å²) in [6.07, 6.45) is 4.15. The quantitative estimate of drug-likeness (QED) is 0.753. The van der Waals surface area contributed by atoms with Crippen LogP contribution in [0.2, 0.25) is 0 Å². The number of hydrogen-bond donors (Lipinski definition) is 0. The van der Waals surface area contributed by atoms with Crippen molar-refractivity contribution in [3.05, 3.63) is 29.3 Å². The van der Waals surface area contributed by atoms with Crippen LogP contribution in [0, 0.1) is 0 Å². The molecule has 1 aliphatic rings. The molecular weight excluding hydrogens is 306 g/mol. The molecule has 0 bridgehead atoms. The van der Waals surface area contributed by atoms with Gasteiger partial charge >= 0.3 is 0 Å². The smallest absolute Gasteiger partial charge is 0.223 e. The summed E-state index contributed by atoms with van der Waals surface area (Å²) in [4.78, 5) is 13.3. The lowest BCUT2D eigenvalue weighted by Gasteiger charge is -2.17. The number of rotatable bonds is 6. The van der Waals surface area contributed by atoms with E-state index in [0.29, 0.717) is 24.9 Å². The van der Waals surface area contributed by atoms with Crippen molar-refractivity contribution in [2.45, 2.75) is 25.7 Å². The maximum absolute atomic E-state index is 11.6. The second-order valence-electron chi connectivity index (χ2n) is 4.89. The summed E-state index contributed by atoms with van der Waals surface area (Å²) in [6, 6.07) is 6.34. The molecule has 1 aromatic rings. The van der Waals surface area contributed by atoms with Gasteiger partial charge in [-0.05, 0) is 42.5 Å². The molecule has 0 saturated heterocycles. The molecule has 0 unspecified atom stereocenters. The second-order valence-corrected chi connectivity index (χ2v) is 5.68. The van der Waals surface area contributed by atoms with E-state index in [1.165, 1.54) is 24.0 Å². The Kier molecular flexibility index (Phi) is 5.25. The molecule has 0 aliphatic heterocycles. The fourth-order valence-electron chi connectivity index (χ4n) is 2.33. The Morgan fingerprint density at radius 3 is 2.95 bits per heavy atom. The Labute approximate surface area is 123 Å². The lowest BCUT2D eigenvalue weighted by atomic mass is 10.1. The average molecular weight is 326 g/mol. The van der Waals surface area contributed by atoms with E-state index in [9.17, 15) is 4.79 Å². The Morgan fingerprint density at radius 2 is 2.16 bits per heavy atom. The number of benzene rings is 1. The maximum atomic E-state index is 11.6. The maximum Gasteiger partial charge on any atom is 0.223 e.